The Morgan fingerprint density at radius 1 is 1.38 bits per heavy atom. The van der Waals surface area contributed by atoms with E-state index in [0.717, 1.165) is 12.1 Å². The van der Waals surface area contributed by atoms with E-state index in [-0.39, 0.29) is 11.2 Å². The Labute approximate surface area is 94.1 Å². The van der Waals surface area contributed by atoms with Crippen LogP contribution in [-0.4, -0.2) is 9.55 Å². The van der Waals surface area contributed by atoms with Gasteiger partial charge in [-0.25, -0.2) is 9.37 Å². The minimum absolute atomic E-state index is 0.107. The van der Waals surface area contributed by atoms with Gasteiger partial charge < -0.3 is 10.3 Å². The molecule has 1 aromatic heterocycles. The Hall–Kier alpha value is -1.58. The fraction of sp³-hybridized carbons (Fsp3) is 0.417. The summed E-state index contributed by atoms with van der Waals surface area (Å²) in [5.74, 6) is 0.156. The Bertz CT molecular complexity index is 523. The molecule has 0 saturated carbocycles. The van der Waals surface area contributed by atoms with E-state index in [2.05, 4.69) is 25.8 Å². The van der Waals surface area contributed by atoms with E-state index in [1.165, 1.54) is 12.1 Å². The number of rotatable bonds is 1. The molecule has 0 atom stereocenters. The molecular weight excluding hydrogens is 205 g/mol. The summed E-state index contributed by atoms with van der Waals surface area (Å²) in [4.78, 5) is 4.16. The normalized spacial score (nSPS) is 12.2. The molecule has 0 unspecified atom stereocenters. The van der Waals surface area contributed by atoms with E-state index in [1.807, 2.05) is 4.57 Å². The molecule has 4 heteroatoms. The van der Waals surface area contributed by atoms with E-state index in [1.54, 1.807) is 6.07 Å². The second kappa shape index (κ2) is 3.47. The highest BCUT2D eigenvalue weighted by Gasteiger charge is 2.16. The molecule has 0 aliphatic heterocycles. The van der Waals surface area contributed by atoms with E-state index in [0.29, 0.717) is 11.5 Å². The SMILES string of the molecule is CC(C)(C)Cn1c(N)nc2cc(F)ccc21. The number of nitrogens with zero attached hydrogens (tertiary/aromatic N) is 2. The standard InChI is InChI=1S/C12H16FN3/c1-12(2,3)7-16-10-5-4-8(13)6-9(10)15-11(16)14/h4-6H,7H2,1-3H3,(H2,14,15). The number of hydrogen-bond donors (Lipinski definition) is 1. The monoisotopic (exact) mass is 221 g/mol. The Morgan fingerprint density at radius 2 is 2.06 bits per heavy atom. The van der Waals surface area contributed by atoms with Gasteiger partial charge in [-0.2, -0.15) is 0 Å². The smallest absolute Gasteiger partial charge is 0.201 e. The molecule has 16 heavy (non-hydrogen) atoms. The second-order valence-corrected chi connectivity index (χ2v) is 5.25. The van der Waals surface area contributed by atoms with Crippen molar-refractivity contribution in [3.05, 3.63) is 24.0 Å². The van der Waals surface area contributed by atoms with Gasteiger partial charge in [-0.3, -0.25) is 0 Å². The number of nitrogen functional groups attached to an aromatic ring is 1. The first kappa shape index (κ1) is 10.9. The molecule has 0 amide bonds. The van der Waals surface area contributed by atoms with E-state index >= 15 is 0 Å². The fourth-order valence-electron chi connectivity index (χ4n) is 1.76. The second-order valence-electron chi connectivity index (χ2n) is 5.25. The fourth-order valence-corrected chi connectivity index (χ4v) is 1.76. The van der Waals surface area contributed by atoms with E-state index in [4.69, 9.17) is 5.73 Å². The minimum atomic E-state index is -0.284. The van der Waals surface area contributed by atoms with Crippen LogP contribution in [0.4, 0.5) is 10.3 Å². The summed E-state index contributed by atoms with van der Waals surface area (Å²) >= 11 is 0. The van der Waals surface area contributed by atoms with Crippen LogP contribution in [-0.2, 0) is 6.54 Å². The third-order valence-electron chi connectivity index (χ3n) is 2.37. The molecule has 3 nitrogen and oxygen atoms in total. The lowest BCUT2D eigenvalue weighted by molar-refractivity contribution is 0.351. The number of anilines is 1. The van der Waals surface area contributed by atoms with Crippen molar-refractivity contribution in [1.82, 2.24) is 9.55 Å². The summed E-state index contributed by atoms with van der Waals surface area (Å²) in [6, 6.07) is 4.56. The van der Waals surface area contributed by atoms with Gasteiger partial charge in [-0.15, -0.1) is 0 Å². The van der Waals surface area contributed by atoms with Gasteiger partial charge in [0.15, 0.2) is 0 Å². The number of halogens is 1. The number of nitrogens with two attached hydrogens (primary N) is 1. The zero-order chi connectivity index (χ0) is 11.9. The summed E-state index contributed by atoms with van der Waals surface area (Å²) in [5.41, 5.74) is 7.44. The molecule has 86 valence electrons. The number of benzene rings is 1. The molecule has 0 fully saturated rings. The average Bonchev–Trinajstić information content (AvgIpc) is 2.40. The lowest BCUT2D eigenvalue weighted by Gasteiger charge is -2.20. The highest BCUT2D eigenvalue weighted by molar-refractivity contribution is 5.78. The van der Waals surface area contributed by atoms with Crippen molar-refractivity contribution in [3.63, 3.8) is 0 Å². The van der Waals surface area contributed by atoms with Crippen molar-refractivity contribution in [1.29, 1.82) is 0 Å². The van der Waals surface area contributed by atoms with Gasteiger partial charge >= 0.3 is 0 Å². The van der Waals surface area contributed by atoms with Crippen molar-refractivity contribution in [2.45, 2.75) is 27.3 Å². The van der Waals surface area contributed by atoms with Crippen LogP contribution in [0.3, 0.4) is 0 Å². The Kier molecular flexibility index (Phi) is 2.37. The molecule has 0 bridgehead atoms. The molecule has 2 aromatic rings. The van der Waals surface area contributed by atoms with Crippen LogP contribution >= 0.6 is 0 Å². The molecule has 2 N–H and O–H groups in total. The summed E-state index contributed by atoms with van der Waals surface area (Å²) in [5, 5.41) is 0. The molecule has 2 rings (SSSR count). The quantitative estimate of drug-likeness (QED) is 0.804. The predicted molar refractivity (Wildman–Crippen MR) is 63.6 cm³/mol. The lowest BCUT2D eigenvalue weighted by atomic mass is 9.97. The number of fused-ring (bicyclic) bond motifs is 1. The van der Waals surface area contributed by atoms with Crippen LogP contribution in [0, 0.1) is 11.2 Å². The number of imidazole rings is 1. The maximum absolute atomic E-state index is 13.0. The highest BCUT2D eigenvalue weighted by atomic mass is 19.1. The summed E-state index contributed by atoms with van der Waals surface area (Å²) in [7, 11) is 0. The number of hydrogen-bond acceptors (Lipinski definition) is 2. The van der Waals surface area contributed by atoms with Crippen molar-refractivity contribution < 1.29 is 4.39 Å². The maximum atomic E-state index is 13.0. The van der Waals surface area contributed by atoms with Crippen molar-refractivity contribution in [2.75, 3.05) is 5.73 Å². The summed E-state index contributed by atoms with van der Waals surface area (Å²) in [6.45, 7) is 7.15. The highest BCUT2D eigenvalue weighted by Crippen LogP contribution is 2.24. The van der Waals surface area contributed by atoms with Crippen LogP contribution < -0.4 is 5.73 Å². The lowest BCUT2D eigenvalue weighted by Crippen LogP contribution is -2.17. The first-order valence-corrected chi connectivity index (χ1v) is 5.28. The number of aromatic nitrogens is 2. The largest absolute Gasteiger partial charge is 0.369 e. The Balaban J connectivity index is 2.56. The van der Waals surface area contributed by atoms with Crippen LogP contribution in [0.2, 0.25) is 0 Å². The Morgan fingerprint density at radius 3 is 2.69 bits per heavy atom. The topological polar surface area (TPSA) is 43.8 Å². The van der Waals surface area contributed by atoms with Gasteiger partial charge in [-0.1, -0.05) is 20.8 Å². The average molecular weight is 221 g/mol. The predicted octanol–water partition coefficient (Wildman–Crippen LogP) is 2.80. The molecular formula is C12H16FN3. The van der Waals surface area contributed by atoms with Crippen LogP contribution in [0.5, 0.6) is 0 Å². The maximum Gasteiger partial charge on any atom is 0.201 e. The molecule has 0 saturated heterocycles. The molecule has 1 heterocycles. The zero-order valence-electron chi connectivity index (χ0n) is 9.79. The molecule has 0 aliphatic rings. The molecule has 0 aliphatic carbocycles. The van der Waals surface area contributed by atoms with Gasteiger partial charge in [0.2, 0.25) is 5.95 Å². The molecule has 1 aromatic carbocycles. The van der Waals surface area contributed by atoms with Gasteiger partial charge in [-0.05, 0) is 17.5 Å². The van der Waals surface area contributed by atoms with Gasteiger partial charge in [0.25, 0.3) is 0 Å². The van der Waals surface area contributed by atoms with Crippen molar-refractivity contribution in [3.8, 4) is 0 Å². The third kappa shape index (κ3) is 2.01. The first-order valence-electron chi connectivity index (χ1n) is 5.28. The molecule has 0 radical (unpaired) electrons. The third-order valence-corrected chi connectivity index (χ3v) is 2.37. The van der Waals surface area contributed by atoms with Gasteiger partial charge in [0, 0.05) is 12.6 Å². The van der Waals surface area contributed by atoms with Gasteiger partial charge in [0.05, 0.1) is 11.0 Å². The minimum Gasteiger partial charge on any atom is -0.369 e. The van der Waals surface area contributed by atoms with Crippen LogP contribution in [0.15, 0.2) is 18.2 Å². The van der Waals surface area contributed by atoms with Crippen LogP contribution in [0.25, 0.3) is 11.0 Å². The van der Waals surface area contributed by atoms with Crippen molar-refractivity contribution >= 4 is 17.0 Å². The van der Waals surface area contributed by atoms with Crippen molar-refractivity contribution in [2.24, 2.45) is 5.41 Å². The van der Waals surface area contributed by atoms with E-state index in [9.17, 15) is 4.39 Å². The summed E-state index contributed by atoms with van der Waals surface area (Å²) < 4.78 is 15.0. The zero-order valence-corrected chi connectivity index (χ0v) is 9.79. The first-order chi connectivity index (χ1) is 7.37. The summed E-state index contributed by atoms with van der Waals surface area (Å²) in [6.07, 6.45) is 0. The molecule has 0 spiro atoms. The van der Waals surface area contributed by atoms with E-state index < -0.39 is 0 Å². The van der Waals surface area contributed by atoms with Crippen LogP contribution in [0.1, 0.15) is 20.8 Å². The van der Waals surface area contributed by atoms with Gasteiger partial charge in [0.1, 0.15) is 5.82 Å².